The van der Waals surface area contributed by atoms with E-state index in [-0.39, 0.29) is 37.9 Å². The fraction of sp³-hybridized carbons (Fsp3) is 0.462. The van der Waals surface area contributed by atoms with E-state index in [9.17, 15) is 18.0 Å². The fourth-order valence-electron chi connectivity index (χ4n) is 2.29. The number of aromatic nitrogens is 1. The molecular formula is C13H15N3O7S. The number of amides is 2. The average molecular weight is 357 g/mol. The summed E-state index contributed by atoms with van der Waals surface area (Å²) in [7, 11) is -3.53. The number of nitrogens with one attached hydrogen (secondary N) is 1. The Morgan fingerprint density at radius 3 is 2.96 bits per heavy atom. The summed E-state index contributed by atoms with van der Waals surface area (Å²) in [6, 6.07) is 3.18. The van der Waals surface area contributed by atoms with Crippen molar-refractivity contribution in [2.45, 2.75) is 12.5 Å². The number of cyclic esters (lactones) is 1. The van der Waals surface area contributed by atoms with Crippen LogP contribution in [0, 0.1) is 0 Å². The number of hydrogen-bond acceptors (Lipinski definition) is 8. The molecular weight excluding hydrogens is 342 g/mol. The zero-order valence-corrected chi connectivity index (χ0v) is 13.5. The lowest BCUT2D eigenvalue weighted by Crippen LogP contribution is -2.29. The van der Waals surface area contributed by atoms with Gasteiger partial charge in [0.1, 0.15) is 11.9 Å². The molecule has 1 N–H and O–H groups in total. The molecule has 11 heteroatoms. The van der Waals surface area contributed by atoms with Crippen LogP contribution < -0.4 is 15.0 Å². The quantitative estimate of drug-likeness (QED) is 0.736. The second kappa shape index (κ2) is 6.24. The summed E-state index contributed by atoms with van der Waals surface area (Å²) >= 11 is 0. The molecule has 3 heterocycles. The maximum Gasteiger partial charge on any atom is 0.415 e. The molecule has 2 aliphatic heterocycles. The predicted molar refractivity (Wildman–Crippen MR) is 81.4 cm³/mol. The van der Waals surface area contributed by atoms with Gasteiger partial charge in [0.15, 0.2) is 18.2 Å². The third-order valence-corrected chi connectivity index (χ3v) is 3.94. The van der Waals surface area contributed by atoms with Crippen molar-refractivity contribution in [1.82, 2.24) is 4.98 Å². The van der Waals surface area contributed by atoms with Gasteiger partial charge >= 0.3 is 6.09 Å². The van der Waals surface area contributed by atoms with Gasteiger partial charge in [-0.15, -0.1) is 0 Å². The Hall–Kier alpha value is -2.40. The molecule has 1 aromatic rings. The minimum absolute atomic E-state index is 0.0772. The number of rotatable bonds is 5. The lowest BCUT2D eigenvalue weighted by molar-refractivity contribution is -0.118. The van der Waals surface area contributed by atoms with Crippen LogP contribution in [0.4, 0.5) is 16.4 Å². The highest BCUT2D eigenvalue weighted by Crippen LogP contribution is 2.30. The maximum atomic E-state index is 12.0. The summed E-state index contributed by atoms with van der Waals surface area (Å²) in [5.74, 6) is 0.632. The first kappa shape index (κ1) is 16.5. The van der Waals surface area contributed by atoms with Crippen LogP contribution in [-0.2, 0) is 23.8 Å². The van der Waals surface area contributed by atoms with E-state index < -0.39 is 22.3 Å². The first-order chi connectivity index (χ1) is 11.3. The minimum Gasteiger partial charge on any atom is -0.480 e. The molecule has 1 unspecified atom stereocenters. The highest BCUT2D eigenvalue weighted by atomic mass is 32.2. The lowest BCUT2D eigenvalue weighted by Gasteiger charge is -2.19. The van der Waals surface area contributed by atoms with Gasteiger partial charge in [-0.1, -0.05) is 0 Å². The summed E-state index contributed by atoms with van der Waals surface area (Å²) < 4.78 is 36.8. The van der Waals surface area contributed by atoms with Crippen molar-refractivity contribution >= 4 is 33.8 Å². The summed E-state index contributed by atoms with van der Waals surface area (Å²) in [5, 5.41) is 2.56. The normalized spacial score (nSPS) is 20.2. The number of anilines is 2. The first-order valence-corrected chi connectivity index (χ1v) is 8.90. The zero-order valence-electron chi connectivity index (χ0n) is 12.7. The zero-order chi connectivity index (χ0) is 17.3. The largest absolute Gasteiger partial charge is 0.480 e. The van der Waals surface area contributed by atoms with E-state index in [1.54, 1.807) is 12.1 Å². The number of hydrogen-bond donors (Lipinski definition) is 1. The van der Waals surface area contributed by atoms with Crippen LogP contribution in [-0.4, -0.2) is 57.5 Å². The van der Waals surface area contributed by atoms with E-state index in [1.807, 2.05) is 0 Å². The summed E-state index contributed by atoms with van der Waals surface area (Å²) in [6.07, 6.45) is 0.0748. The topological polar surface area (TPSA) is 124 Å². The Balaban J connectivity index is 1.66. The molecule has 0 saturated carbocycles. The number of carbonyl (C=O) groups excluding carboxylic acids is 2. The number of fused-ring (bicyclic) bond motifs is 1. The molecule has 1 aromatic heterocycles. The fourth-order valence-corrected chi connectivity index (χ4v) is 2.69. The van der Waals surface area contributed by atoms with Gasteiger partial charge in [0.25, 0.3) is 16.0 Å². The van der Waals surface area contributed by atoms with Crippen LogP contribution in [0.25, 0.3) is 0 Å². The molecule has 0 spiro atoms. The third kappa shape index (κ3) is 3.74. The molecule has 2 aliphatic rings. The molecule has 24 heavy (non-hydrogen) atoms. The van der Waals surface area contributed by atoms with Gasteiger partial charge in [-0.2, -0.15) is 8.42 Å². The van der Waals surface area contributed by atoms with Crippen LogP contribution in [0.15, 0.2) is 12.1 Å². The van der Waals surface area contributed by atoms with Crippen LogP contribution in [0.2, 0.25) is 0 Å². The molecule has 2 amide bonds. The van der Waals surface area contributed by atoms with Gasteiger partial charge in [0, 0.05) is 6.42 Å². The highest BCUT2D eigenvalue weighted by Gasteiger charge is 2.34. The molecule has 0 aliphatic carbocycles. The maximum absolute atomic E-state index is 12.0. The van der Waals surface area contributed by atoms with Gasteiger partial charge in [-0.3, -0.25) is 13.9 Å². The number of carbonyl (C=O) groups is 2. The molecule has 1 saturated heterocycles. The third-order valence-electron chi connectivity index (χ3n) is 3.35. The summed E-state index contributed by atoms with van der Waals surface area (Å²) in [5.41, 5.74) is 0. The number of ether oxygens (including phenoxy) is 2. The average Bonchev–Trinajstić information content (AvgIpc) is 2.86. The number of pyridine rings is 1. The van der Waals surface area contributed by atoms with E-state index in [0.717, 1.165) is 6.26 Å². The van der Waals surface area contributed by atoms with Crippen molar-refractivity contribution in [2.24, 2.45) is 0 Å². The second-order valence-corrected chi connectivity index (χ2v) is 6.93. The summed E-state index contributed by atoms with van der Waals surface area (Å²) in [6.45, 7) is 0.0425. The molecule has 1 atom stereocenters. The van der Waals surface area contributed by atoms with Crippen molar-refractivity contribution in [1.29, 1.82) is 0 Å². The Kier molecular flexibility index (Phi) is 4.28. The van der Waals surface area contributed by atoms with Crippen LogP contribution in [0.3, 0.4) is 0 Å². The van der Waals surface area contributed by atoms with E-state index in [2.05, 4.69) is 14.5 Å². The molecule has 0 aromatic carbocycles. The van der Waals surface area contributed by atoms with Gasteiger partial charge in [-0.25, -0.2) is 9.78 Å². The predicted octanol–water partition coefficient (Wildman–Crippen LogP) is 0.104. The monoisotopic (exact) mass is 357 g/mol. The standard InChI is InChI=1S/C13H15N3O7S/c1-24(19,20)22-5-4-8-6-16(13(18)23-8)10-3-2-9-12(14-10)15-11(17)7-21-9/h2-3,8H,4-7H2,1H3,(H,14,15,17). The van der Waals surface area contributed by atoms with E-state index in [4.69, 9.17) is 9.47 Å². The van der Waals surface area contributed by atoms with E-state index >= 15 is 0 Å². The van der Waals surface area contributed by atoms with E-state index in [1.165, 1.54) is 4.90 Å². The molecule has 0 radical (unpaired) electrons. The summed E-state index contributed by atoms with van der Waals surface area (Å²) in [4.78, 5) is 28.8. The van der Waals surface area contributed by atoms with Crippen molar-refractivity contribution < 1.29 is 31.7 Å². The SMILES string of the molecule is CS(=O)(=O)OCCC1CN(c2ccc3c(n2)NC(=O)CO3)C(=O)O1. The second-order valence-electron chi connectivity index (χ2n) is 5.28. The van der Waals surface area contributed by atoms with Crippen LogP contribution in [0.1, 0.15) is 6.42 Å². The molecule has 3 rings (SSSR count). The first-order valence-electron chi connectivity index (χ1n) is 7.08. The molecule has 0 bridgehead atoms. The Bertz CT molecular complexity index is 780. The van der Waals surface area contributed by atoms with Gasteiger partial charge < -0.3 is 14.8 Å². The smallest absolute Gasteiger partial charge is 0.415 e. The Morgan fingerprint density at radius 1 is 1.42 bits per heavy atom. The van der Waals surface area contributed by atoms with Gasteiger partial charge in [0.2, 0.25) is 0 Å². The van der Waals surface area contributed by atoms with Crippen molar-refractivity contribution in [3.8, 4) is 5.75 Å². The Morgan fingerprint density at radius 2 is 2.21 bits per heavy atom. The van der Waals surface area contributed by atoms with Gasteiger partial charge in [0.05, 0.1) is 19.4 Å². The highest BCUT2D eigenvalue weighted by molar-refractivity contribution is 7.85. The molecule has 130 valence electrons. The van der Waals surface area contributed by atoms with Crippen molar-refractivity contribution in [3.05, 3.63) is 12.1 Å². The molecule has 1 fully saturated rings. The minimum atomic E-state index is -3.53. The van der Waals surface area contributed by atoms with Crippen LogP contribution in [0.5, 0.6) is 5.75 Å². The van der Waals surface area contributed by atoms with E-state index in [0.29, 0.717) is 11.6 Å². The van der Waals surface area contributed by atoms with Crippen molar-refractivity contribution in [3.63, 3.8) is 0 Å². The Labute approximate surface area is 137 Å². The lowest BCUT2D eigenvalue weighted by atomic mass is 10.2. The number of nitrogens with zero attached hydrogens (tertiary/aromatic N) is 2. The van der Waals surface area contributed by atoms with Crippen LogP contribution >= 0.6 is 0 Å². The molecule has 10 nitrogen and oxygen atoms in total. The van der Waals surface area contributed by atoms with Gasteiger partial charge in [-0.05, 0) is 12.1 Å². The van der Waals surface area contributed by atoms with Crippen molar-refractivity contribution in [2.75, 3.05) is 36.2 Å².